The number of Topliss-reactive ketones (excluding diaryl/α,β-unsaturated/α-hetero) is 1. The number of carbonyl (C=O) groups is 2. The van der Waals surface area contributed by atoms with Crippen LogP contribution in [0, 0.1) is 11.3 Å². The number of benzene rings is 1. The van der Waals surface area contributed by atoms with Gasteiger partial charge in [-0.3, -0.25) is 14.6 Å². The topological polar surface area (TPSA) is 76.0 Å². The number of para-hydroxylation sites is 1. The molecule has 0 fully saturated rings. The molecule has 0 unspecified atom stereocenters. The summed E-state index contributed by atoms with van der Waals surface area (Å²) in [7, 11) is 1.28. The first-order valence-corrected chi connectivity index (χ1v) is 8.49. The molecule has 134 valence electrons. The van der Waals surface area contributed by atoms with Crippen LogP contribution >= 0.6 is 0 Å². The number of rotatable bonds is 5. The number of ketones is 1. The Bertz CT molecular complexity index is 716. The van der Waals surface area contributed by atoms with Crippen molar-refractivity contribution in [1.82, 2.24) is 0 Å². The third-order valence-corrected chi connectivity index (χ3v) is 4.44. The zero-order valence-electron chi connectivity index (χ0n) is 15.2. The van der Waals surface area contributed by atoms with Crippen molar-refractivity contribution in [3.8, 4) is 0 Å². The summed E-state index contributed by atoms with van der Waals surface area (Å²) in [5.41, 5.74) is 0.785. The second-order valence-corrected chi connectivity index (χ2v) is 6.95. The van der Waals surface area contributed by atoms with Crippen molar-refractivity contribution in [3.05, 3.63) is 41.7 Å². The minimum absolute atomic E-state index is 0.167. The fourth-order valence-electron chi connectivity index (χ4n) is 3.24. The molecule has 1 N–H and O–H groups in total. The van der Waals surface area contributed by atoms with Gasteiger partial charge in [0.15, 0.2) is 5.78 Å². The van der Waals surface area contributed by atoms with E-state index >= 15 is 0 Å². The largest absolute Gasteiger partial charge is 0.511 e. The van der Waals surface area contributed by atoms with Crippen molar-refractivity contribution in [2.24, 2.45) is 16.3 Å². The second kappa shape index (κ2) is 7.64. The minimum Gasteiger partial charge on any atom is -0.511 e. The summed E-state index contributed by atoms with van der Waals surface area (Å²) in [6, 6.07) is 9.29. The van der Waals surface area contributed by atoms with Gasteiger partial charge >= 0.3 is 5.97 Å². The molecule has 0 aliphatic heterocycles. The van der Waals surface area contributed by atoms with Gasteiger partial charge in [-0.25, -0.2) is 0 Å². The minimum atomic E-state index is -0.872. The standard InChI is InChI=1S/C20H25NO4/c1-5-9-15(22)16-14(21-13-10-7-6-8-11-13)12-20(2,3)17(18(16)23)19(24)25-4/h6-8,10-11,17,23H,5,9,12H2,1-4H3/t17-/m0/s1. The number of hydrogen-bond acceptors (Lipinski definition) is 5. The van der Waals surface area contributed by atoms with Gasteiger partial charge in [-0.05, 0) is 30.4 Å². The number of esters is 1. The van der Waals surface area contributed by atoms with E-state index in [0.29, 0.717) is 30.7 Å². The monoisotopic (exact) mass is 343 g/mol. The van der Waals surface area contributed by atoms with Crippen LogP contribution in [0.4, 0.5) is 5.69 Å². The third kappa shape index (κ3) is 3.98. The zero-order chi connectivity index (χ0) is 18.6. The molecule has 0 saturated heterocycles. The van der Waals surface area contributed by atoms with E-state index in [2.05, 4.69) is 4.99 Å². The summed E-state index contributed by atoms with van der Waals surface area (Å²) in [6.45, 7) is 5.63. The normalized spacial score (nSPS) is 21.3. The van der Waals surface area contributed by atoms with Crippen molar-refractivity contribution in [3.63, 3.8) is 0 Å². The van der Waals surface area contributed by atoms with Crippen LogP contribution < -0.4 is 0 Å². The maximum Gasteiger partial charge on any atom is 0.316 e. The van der Waals surface area contributed by atoms with Gasteiger partial charge in [0.2, 0.25) is 0 Å². The van der Waals surface area contributed by atoms with Gasteiger partial charge in [0.1, 0.15) is 11.7 Å². The van der Waals surface area contributed by atoms with Gasteiger partial charge in [-0.15, -0.1) is 0 Å². The smallest absolute Gasteiger partial charge is 0.316 e. The highest BCUT2D eigenvalue weighted by molar-refractivity contribution is 6.24. The predicted octanol–water partition coefficient (Wildman–Crippen LogP) is 4.16. The fraction of sp³-hybridized carbons (Fsp3) is 0.450. The molecule has 0 heterocycles. The molecule has 1 atom stereocenters. The Balaban J connectivity index is 2.62. The lowest BCUT2D eigenvalue weighted by Gasteiger charge is -2.37. The SMILES string of the molecule is CCCC(=O)C1=C(O)[C@@H](C(=O)OC)C(C)(C)CC1=Nc1ccccc1. The first kappa shape index (κ1) is 18.9. The number of allylic oxidation sites excluding steroid dienone is 1. The predicted molar refractivity (Wildman–Crippen MR) is 97.0 cm³/mol. The van der Waals surface area contributed by atoms with E-state index in [1.54, 1.807) is 0 Å². The van der Waals surface area contributed by atoms with E-state index in [0.717, 1.165) is 0 Å². The number of methoxy groups -OCH3 is 1. The van der Waals surface area contributed by atoms with Crippen molar-refractivity contribution in [2.75, 3.05) is 7.11 Å². The van der Waals surface area contributed by atoms with E-state index in [-0.39, 0.29) is 17.1 Å². The number of ether oxygens (including phenoxy) is 1. The highest BCUT2D eigenvalue weighted by Gasteiger charge is 2.47. The lowest BCUT2D eigenvalue weighted by atomic mass is 9.67. The molecule has 0 radical (unpaired) electrons. The van der Waals surface area contributed by atoms with Gasteiger partial charge in [0.05, 0.1) is 24.1 Å². The van der Waals surface area contributed by atoms with Crippen LogP contribution in [0.5, 0.6) is 0 Å². The first-order chi connectivity index (χ1) is 11.8. The maximum absolute atomic E-state index is 12.6. The molecular formula is C20H25NO4. The van der Waals surface area contributed by atoms with E-state index in [9.17, 15) is 14.7 Å². The van der Waals surface area contributed by atoms with Gasteiger partial charge in [-0.1, -0.05) is 39.0 Å². The van der Waals surface area contributed by atoms with E-state index in [1.807, 2.05) is 51.1 Å². The summed E-state index contributed by atoms with van der Waals surface area (Å²) in [4.78, 5) is 29.4. The molecular weight excluding hydrogens is 318 g/mol. The van der Waals surface area contributed by atoms with Gasteiger partial charge in [-0.2, -0.15) is 0 Å². The number of aliphatic imine (C=N–C) groups is 1. The molecule has 25 heavy (non-hydrogen) atoms. The molecule has 0 saturated carbocycles. The van der Waals surface area contributed by atoms with Crippen molar-refractivity contribution >= 4 is 23.2 Å². The number of hydrogen-bond donors (Lipinski definition) is 1. The Hall–Kier alpha value is -2.43. The van der Waals surface area contributed by atoms with Gasteiger partial charge in [0, 0.05) is 6.42 Å². The lowest BCUT2D eigenvalue weighted by molar-refractivity contribution is -0.149. The van der Waals surface area contributed by atoms with Gasteiger partial charge < -0.3 is 9.84 Å². The van der Waals surface area contributed by atoms with E-state index in [4.69, 9.17) is 4.74 Å². The fourth-order valence-corrected chi connectivity index (χ4v) is 3.24. The van der Waals surface area contributed by atoms with Crippen LogP contribution in [-0.2, 0) is 14.3 Å². The number of aliphatic hydroxyl groups excluding tert-OH is 1. The summed E-state index contributed by atoms with van der Waals surface area (Å²) in [5, 5.41) is 10.8. The van der Waals surface area contributed by atoms with Crippen LogP contribution in [0.1, 0.15) is 40.0 Å². The highest BCUT2D eigenvalue weighted by atomic mass is 16.5. The summed E-state index contributed by atoms with van der Waals surface area (Å²) >= 11 is 0. The number of aliphatic hydroxyl groups is 1. The Morgan fingerprint density at radius 1 is 1.28 bits per heavy atom. The Labute approximate surface area is 148 Å². The molecule has 1 aliphatic carbocycles. The van der Waals surface area contributed by atoms with Gasteiger partial charge in [0.25, 0.3) is 0 Å². The quantitative estimate of drug-likeness (QED) is 0.815. The molecule has 5 heteroatoms. The molecule has 0 bridgehead atoms. The van der Waals surface area contributed by atoms with Crippen molar-refractivity contribution in [2.45, 2.75) is 40.0 Å². The molecule has 5 nitrogen and oxygen atoms in total. The maximum atomic E-state index is 12.6. The zero-order valence-corrected chi connectivity index (χ0v) is 15.2. The average Bonchev–Trinajstić information content (AvgIpc) is 2.54. The Morgan fingerprint density at radius 3 is 2.48 bits per heavy atom. The highest BCUT2D eigenvalue weighted by Crippen LogP contribution is 2.43. The first-order valence-electron chi connectivity index (χ1n) is 8.49. The molecule has 1 aromatic rings. The molecule has 1 aliphatic rings. The molecule has 1 aromatic carbocycles. The summed E-state index contributed by atoms with van der Waals surface area (Å²) < 4.78 is 4.85. The van der Waals surface area contributed by atoms with Crippen molar-refractivity contribution < 1.29 is 19.4 Å². The lowest BCUT2D eigenvalue weighted by Crippen LogP contribution is -2.41. The summed E-state index contributed by atoms with van der Waals surface area (Å²) in [5.74, 6) is -1.83. The molecule has 0 spiro atoms. The van der Waals surface area contributed by atoms with Crippen LogP contribution in [0.2, 0.25) is 0 Å². The summed E-state index contributed by atoms with van der Waals surface area (Å²) in [6.07, 6.45) is 1.35. The van der Waals surface area contributed by atoms with Crippen LogP contribution in [0.25, 0.3) is 0 Å². The van der Waals surface area contributed by atoms with E-state index < -0.39 is 17.3 Å². The van der Waals surface area contributed by atoms with Crippen LogP contribution in [-0.4, -0.2) is 29.7 Å². The third-order valence-electron chi connectivity index (χ3n) is 4.44. The Morgan fingerprint density at radius 2 is 1.92 bits per heavy atom. The Kier molecular flexibility index (Phi) is 5.77. The van der Waals surface area contributed by atoms with Crippen LogP contribution in [0.15, 0.2) is 46.7 Å². The van der Waals surface area contributed by atoms with E-state index in [1.165, 1.54) is 7.11 Å². The molecule has 2 rings (SSSR count). The molecule has 0 aromatic heterocycles. The van der Waals surface area contributed by atoms with Crippen molar-refractivity contribution in [1.29, 1.82) is 0 Å². The molecule has 0 amide bonds. The average molecular weight is 343 g/mol. The van der Waals surface area contributed by atoms with Crippen LogP contribution in [0.3, 0.4) is 0 Å². The number of nitrogens with zero attached hydrogens (tertiary/aromatic N) is 1. The second-order valence-electron chi connectivity index (χ2n) is 6.95. The number of carbonyl (C=O) groups excluding carboxylic acids is 2.